The van der Waals surface area contributed by atoms with Crippen molar-refractivity contribution >= 4 is 29.1 Å². The molecule has 0 amide bonds. The van der Waals surface area contributed by atoms with Crippen LogP contribution in [0, 0.1) is 0 Å². The van der Waals surface area contributed by atoms with Crippen molar-refractivity contribution in [1.29, 1.82) is 0 Å². The lowest BCUT2D eigenvalue weighted by Gasteiger charge is -2.39. The number of likely N-dealkylation sites (N-methyl/N-ethyl adjacent to an activating group) is 1. The van der Waals surface area contributed by atoms with Crippen LogP contribution in [0.15, 0.2) is 24.4 Å². The Bertz CT molecular complexity index is 883. The minimum Gasteiger partial charge on any atom is -0.495 e. The summed E-state index contributed by atoms with van der Waals surface area (Å²) in [6.07, 6.45) is 6.82. The number of nitrogens with zero attached hydrogens (tertiary/aromatic N) is 4. The first-order valence-electron chi connectivity index (χ1n) is 10.6. The van der Waals surface area contributed by atoms with Crippen molar-refractivity contribution in [3.05, 3.63) is 30.0 Å². The molecule has 0 unspecified atom stereocenters. The molecule has 2 aliphatic rings. The summed E-state index contributed by atoms with van der Waals surface area (Å²) in [7, 11) is 3.57. The molecule has 4 rings (SSSR count). The number of carboxylic acids is 1. The molecule has 0 bridgehead atoms. The van der Waals surface area contributed by atoms with E-state index in [1.807, 2.05) is 20.0 Å². The summed E-state index contributed by atoms with van der Waals surface area (Å²) >= 11 is 0. The summed E-state index contributed by atoms with van der Waals surface area (Å²) < 4.78 is 5.34. The number of hydrogen-bond donors (Lipinski definition) is 2. The number of carboxylic acid groups (broad SMARTS) is 1. The minimum absolute atomic E-state index is 0.169. The number of aromatic carboxylic acids is 1. The SMILES string of the molecule is CC.COc1cc(C(=O)O)ccc1Nc1ncc2c(n1)N(C1CCCC1)CCN2C. The number of rotatable bonds is 5. The van der Waals surface area contributed by atoms with E-state index >= 15 is 0 Å². The molecule has 8 nitrogen and oxygen atoms in total. The van der Waals surface area contributed by atoms with Gasteiger partial charge in [0.05, 0.1) is 30.2 Å². The van der Waals surface area contributed by atoms with Gasteiger partial charge in [-0.15, -0.1) is 0 Å². The number of nitrogens with one attached hydrogen (secondary N) is 1. The molecule has 1 fully saturated rings. The Morgan fingerprint density at radius 2 is 1.97 bits per heavy atom. The number of methoxy groups -OCH3 is 1. The second-order valence-electron chi connectivity index (χ2n) is 7.30. The van der Waals surface area contributed by atoms with E-state index in [0.717, 1.165) is 24.6 Å². The molecule has 1 aliphatic carbocycles. The zero-order chi connectivity index (χ0) is 21.7. The molecule has 0 atom stereocenters. The summed E-state index contributed by atoms with van der Waals surface area (Å²) in [6, 6.07) is 5.23. The fourth-order valence-electron chi connectivity index (χ4n) is 4.01. The van der Waals surface area contributed by atoms with E-state index < -0.39 is 5.97 Å². The third-order valence-electron chi connectivity index (χ3n) is 5.57. The van der Waals surface area contributed by atoms with E-state index in [0.29, 0.717) is 23.4 Å². The predicted octanol–water partition coefficient (Wildman–Crippen LogP) is 4.15. The Kier molecular flexibility index (Phi) is 6.97. The zero-order valence-corrected chi connectivity index (χ0v) is 18.2. The van der Waals surface area contributed by atoms with Gasteiger partial charge in [0, 0.05) is 26.2 Å². The van der Waals surface area contributed by atoms with E-state index in [4.69, 9.17) is 14.8 Å². The number of hydrogen-bond acceptors (Lipinski definition) is 7. The number of ether oxygens (including phenoxy) is 1. The molecule has 1 aromatic heterocycles. The van der Waals surface area contributed by atoms with Crippen molar-refractivity contribution in [1.82, 2.24) is 9.97 Å². The van der Waals surface area contributed by atoms with Gasteiger partial charge < -0.3 is 25.0 Å². The second kappa shape index (κ2) is 9.65. The van der Waals surface area contributed by atoms with Crippen molar-refractivity contribution in [2.24, 2.45) is 0 Å². The number of carbonyl (C=O) groups is 1. The number of anilines is 4. The van der Waals surface area contributed by atoms with Crippen LogP contribution in [0.4, 0.5) is 23.1 Å². The fourth-order valence-corrected chi connectivity index (χ4v) is 4.01. The van der Waals surface area contributed by atoms with Gasteiger partial charge in [0.1, 0.15) is 5.75 Å². The van der Waals surface area contributed by atoms with Gasteiger partial charge in [-0.1, -0.05) is 26.7 Å². The minimum atomic E-state index is -0.995. The predicted molar refractivity (Wildman–Crippen MR) is 119 cm³/mol. The molecule has 2 N–H and O–H groups in total. The van der Waals surface area contributed by atoms with Crippen LogP contribution in [0.25, 0.3) is 0 Å². The number of aromatic nitrogens is 2. The van der Waals surface area contributed by atoms with Gasteiger partial charge in [-0.3, -0.25) is 0 Å². The van der Waals surface area contributed by atoms with Crippen LogP contribution < -0.4 is 19.9 Å². The molecular formula is C22H31N5O3. The molecule has 1 saturated carbocycles. The molecule has 30 heavy (non-hydrogen) atoms. The second-order valence-corrected chi connectivity index (χ2v) is 7.30. The average Bonchev–Trinajstić information content (AvgIpc) is 3.30. The first-order chi connectivity index (χ1) is 14.6. The summed E-state index contributed by atoms with van der Waals surface area (Å²) in [6.45, 7) is 5.92. The van der Waals surface area contributed by atoms with Crippen LogP contribution in [0.5, 0.6) is 5.75 Å². The maximum absolute atomic E-state index is 11.2. The van der Waals surface area contributed by atoms with Crippen molar-refractivity contribution in [2.75, 3.05) is 42.4 Å². The van der Waals surface area contributed by atoms with E-state index in [9.17, 15) is 4.79 Å². The topological polar surface area (TPSA) is 90.8 Å². The lowest BCUT2D eigenvalue weighted by molar-refractivity contribution is 0.0696. The average molecular weight is 414 g/mol. The van der Waals surface area contributed by atoms with E-state index in [2.05, 4.69) is 27.1 Å². The van der Waals surface area contributed by atoms with Gasteiger partial charge in [0.2, 0.25) is 5.95 Å². The van der Waals surface area contributed by atoms with Crippen LogP contribution in [0.3, 0.4) is 0 Å². The van der Waals surface area contributed by atoms with Crippen LogP contribution in [-0.4, -0.2) is 54.3 Å². The monoisotopic (exact) mass is 413 g/mol. The highest BCUT2D eigenvalue weighted by atomic mass is 16.5. The highest BCUT2D eigenvalue weighted by Gasteiger charge is 2.30. The zero-order valence-electron chi connectivity index (χ0n) is 18.2. The molecule has 1 aliphatic heterocycles. The Labute approximate surface area is 177 Å². The summed E-state index contributed by atoms with van der Waals surface area (Å²) in [5.74, 6) is 0.869. The molecule has 0 spiro atoms. The molecule has 0 saturated heterocycles. The number of fused-ring (bicyclic) bond motifs is 1. The van der Waals surface area contributed by atoms with Crippen molar-refractivity contribution in [3.63, 3.8) is 0 Å². The summed E-state index contributed by atoms with van der Waals surface area (Å²) in [5, 5.41) is 12.3. The quantitative estimate of drug-likeness (QED) is 0.755. The Morgan fingerprint density at radius 1 is 1.23 bits per heavy atom. The standard InChI is InChI=1S/C20H25N5O3.C2H6/c1-24-9-10-25(14-5-3-4-6-14)18-16(24)12-21-20(23-18)22-15-8-7-13(19(26)27)11-17(15)28-2;1-2/h7-8,11-12,14H,3-6,9-10H2,1-2H3,(H,26,27)(H,21,22,23);1-2H3. The smallest absolute Gasteiger partial charge is 0.335 e. The summed E-state index contributed by atoms with van der Waals surface area (Å²) in [5.41, 5.74) is 1.84. The van der Waals surface area contributed by atoms with E-state index in [-0.39, 0.29) is 5.56 Å². The first kappa shape index (κ1) is 21.7. The van der Waals surface area contributed by atoms with Gasteiger partial charge >= 0.3 is 5.97 Å². The Hall–Kier alpha value is -3.03. The highest BCUT2D eigenvalue weighted by molar-refractivity contribution is 5.89. The largest absolute Gasteiger partial charge is 0.495 e. The lowest BCUT2D eigenvalue weighted by Crippen LogP contribution is -2.44. The Morgan fingerprint density at radius 3 is 2.63 bits per heavy atom. The van der Waals surface area contributed by atoms with Crippen molar-refractivity contribution in [2.45, 2.75) is 45.6 Å². The molecule has 2 heterocycles. The molecule has 2 aromatic rings. The van der Waals surface area contributed by atoms with Gasteiger partial charge in [-0.25, -0.2) is 9.78 Å². The lowest BCUT2D eigenvalue weighted by atomic mass is 10.1. The molecular weight excluding hydrogens is 382 g/mol. The molecule has 1 aromatic carbocycles. The maximum atomic E-state index is 11.2. The van der Waals surface area contributed by atoms with Crippen LogP contribution in [0.2, 0.25) is 0 Å². The van der Waals surface area contributed by atoms with Gasteiger partial charge in [-0.05, 0) is 31.0 Å². The highest BCUT2D eigenvalue weighted by Crippen LogP contribution is 2.37. The van der Waals surface area contributed by atoms with Crippen LogP contribution in [0.1, 0.15) is 49.9 Å². The maximum Gasteiger partial charge on any atom is 0.335 e. The third kappa shape index (κ3) is 4.42. The fraction of sp³-hybridized carbons (Fsp3) is 0.500. The van der Waals surface area contributed by atoms with E-state index in [1.165, 1.54) is 44.9 Å². The van der Waals surface area contributed by atoms with Gasteiger partial charge in [0.25, 0.3) is 0 Å². The Balaban J connectivity index is 0.00000124. The van der Waals surface area contributed by atoms with E-state index in [1.54, 1.807) is 6.07 Å². The summed E-state index contributed by atoms with van der Waals surface area (Å²) in [4.78, 5) is 25.1. The normalized spacial score (nSPS) is 15.9. The van der Waals surface area contributed by atoms with Crippen LogP contribution in [-0.2, 0) is 0 Å². The molecule has 0 radical (unpaired) electrons. The first-order valence-corrected chi connectivity index (χ1v) is 10.6. The molecule has 162 valence electrons. The van der Waals surface area contributed by atoms with Crippen LogP contribution >= 0.6 is 0 Å². The van der Waals surface area contributed by atoms with Crippen molar-refractivity contribution in [3.8, 4) is 5.75 Å². The number of benzene rings is 1. The van der Waals surface area contributed by atoms with Gasteiger partial charge in [0.15, 0.2) is 5.82 Å². The van der Waals surface area contributed by atoms with Gasteiger partial charge in [-0.2, -0.15) is 4.98 Å². The van der Waals surface area contributed by atoms with Crippen molar-refractivity contribution < 1.29 is 14.6 Å². The molecule has 8 heteroatoms. The third-order valence-corrected chi connectivity index (χ3v) is 5.57.